The van der Waals surface area contributed by atoms with Gasteiger partial charge in [0.05, 0.1) is 0 Å². The molecule has 0 bridgehead atoms. The van der Waals surface area contributed by atoms with Gasteiger partial charge in [-0.15, -0.1) is 0 Å². The average molecular weight is 351 g/mol. The van der Waals surface area contributed by atoms with Gasteiger partial charge in [0.15, 0.2) is 0 Å². The molecule has 0 amide bonds. The normalized spacial score (nSPS) is 12.4. The summed E-state index contributed by atoms with van der Waals surface area (Å²) in [7, 11) is 0. The molecule has 0 saturated heterocycles. The van der Waals surface area contributed by atoms with E-state index >= 15 is 0 Å². The first-order valence-corrected chi connectivity index (χ1v) is 6.85. The first kappa shape index (κ1) is 11.1. The van der Waals surface area contributed by atoms with Gasteiger partial charge >= 0.3 is 0 Å². The summed E-state index contributed by atoms with van der Waals surface area (Å²) >= 11 is 6.99. The largest absolute Gasteiger partial charge is 0.355 e. The molecule has 1 heterocycles. The van der Waals surface area contributed by atoms with Crippen LogP contribution in [-0.2, 0) is 0 Å². The van der Waals surface area contributed by atoms with Crippen molar-refractivity contribution in [3.63, 3.8) is 0 Å². The highest BCUT2D eigenvalue weighted by molar-refractivity contribution is 9.10. The van der Waals surface area contributed by atoms with Crippen molar-refractivity contribution in [3.8, 4) is 0 Å². The van der Waals surface area contributed by atoms with Gasteiger partial charge in [-0.05, 0) is 47.5 Å². The van der Waals surface area contributed by atoms with E-state index in [1.807, 2.05) is 12.1 Å². The summed E-state index contributed by atoms with van der Waals surface area (Å²) in [6.07, 6.45) is 4.26. The van der Waals surface area contributed by atoms with Crippen LogP contribution in [0.3, 0.4) is 0 Å². The Kier molecular flexibility index (Phi) is 2.81. The first-order valence-electron chi connectivity index (χ1n) is 5.26. The molecule has 0 fully saturated rings. The van der Waals surface area contributed by atoms with E-state index in [9.17, 15) is 0 Å². The second-order valence-corrected chi connectivity index (χ2v) is 5.75. The molecule has 1 N–H and O–H groups in total. The number of nitrogens with one attached hydrogen (secondary N) is 1. The third-order valence-electron chi connectivity index (χ3n) is 2.74. The summed E-state index contributed by atoms with van der Waals surface area (Å²) in [5.74, 6) is 0. The summed E-state index contributed by atoms with van der Waals surface area (Å²) in [4.78, 5) is 0. The van der Waals surface area contributed by atoms with E-state index in [-0.39, 0.29) is 0 Å². The minimum absolute atomic E-state index is 1.09. The molecule has 0 aromatic heterocycles. The molecule has 0 spiro atoms. The first-order chi connectivity index (χ1) is 8.22. The SMILES string of the molecule is Brc1ccc2c(c1)C=Cc1cc(Br)ccc1N2. The van der Waals surface area contributed by atoms with Crippen molar-refractivity contribution >= 4 is 55.4 Å². The molecule has 0 saturated carbocycles. The van der Waals surface area contributed by atoms with Crippen LogP contribution in [0.4, 0.5) is 11.4 Å². The maximum absolute atomic E-state index is 3.49. The molecule has 84 valence electrons. The summed E-state index contributed by atoms with van der Waals surface area (Å²) in [6, 6.07) is 12.5. The molecular formula is C14H9Br2N. The standard InChI is InChI=1S/C14H9Br2N/c15-11-3-5-13-9(7-11)1-2-10-8-12(16)4-6-14(10)17-13/h1-8,17H. The predicted octanol–water partition coefficient (Wildman–Crippen LogP) is 5.44. The zero-order valence-electron chi connectivity index (χ0n) is 8.87. The van der Waals surface area contributed by atoms with Crippen LogP contribution in [-0.4, -0.2) is 0 Å². The van der Waals surface area contributed by atoms with Crippen LogP contribution in [0, 0.1) is 0 Å². The lowest BCUT2D eigenvalue weighted by Crippen LogP contribution is -1.93. The van der Waals surface area contributed by atoms with E-state index in [2.05, 4.69) is 73.6 Å². The van der Waals surface area contributed by atoms with E-state index in [4.69, 9.17) is 0 Å². The van der Waals surface area contributed by atoms with Gasteiger partial charge in [-0.3, -0.25) is 0 Å². The maximum atomic E-state index is 3.49. The van der Waals surface area contributed by atoms with E-state index in [0.717, 1.165) is 20.3 Å². The predicted molar refractivity (Wildman–Crippen MR) is 80.5 cm³/mol. The number of rotatable bonds is 0. The highest BCUT2D eigenvalue weighted by Gasteiger charge is 2.08. The third kappa shape index (κ3) is 2.17. The Morgan fingerprint density at radius 2 is 1.18 bits per heavy atom. The van der Waals surface area contributed by atoms with Crippen molar-refractivity contribution in [1.82, 2.24) is 0 Å². The van der Waals surface area contributed by atoms with Gasteiger partial charge in [-0.25, -0.2) is 0 Å². The number of anilines is 2. The topological polar surface area (TPSA) is 12.0 Å². The number of fused-ring (bicyclic) bond motifs is 2. The second kappa shape index (κ2) is 4.31. The minimum Gasteiger partial charge on any atom is -0.355 e. The Labute approximate surface area is 117 Å². The zero-order valence-corrected chi connectivity index (χ0v) is 12.0. The monoisotopic (exact) mass is 349 g/mol. The maximum Gasteiger partial charge on any atom is 0.0458 e. The van der Waals surface area contributed by atoms with Crippen molar-refractivity contribution in [3.05, 3.63) is 56.5 Å². The fourth-order valence-corrected chi connectivity index (χ4v) is 2.65. The fourth-order valence-electron chi connectivity index (χ4n) is 1.90. The summed E-state index contributed by atoms with van der Waals surface area (Å²) in [5, 5.41) is 3.45. The molecule has 3 heteroatoms. The number of halogens is 2. The highest BCUT2D eigenvalue weighted by Crippen LogP contribution is 2.33. The van der Waals surface area contributed by atoms with Crippen molar-refractivity contribution in [2.24, 2.45) is 0 Å². The van der Waals surface area contributed by atoms with Crippen molar-refractivity contribution in [2.45, 2.75) is 0 Å². The van der Waals surface area contributed by atoms with Gasteiger partial charge in [0.1, 0.15) is 0 Å². The molecule has 0 atom stereocenters. The van der Waals surface area contributed by atoms with Gasteiger partial charge in [-0.1, -0.05) is 44.0 Å². The highest BCUT2D eigenvalue weighted by atomic mass is 79.9. The van der Waals surface area contributed by atoms with Crippen molar-refractivity contribution < 1.29 is 0 Å². The van der Waals surface area contributed by atoms with Crippen LogP contribution >= 0.6 is 31.9 Å². The lowest BCUT2D eigenvalue weighted by molar-refractivity contribution is 1.51. The molecule has 0 aliphatic carbocycles. The molecule has 2 aromatic rings. The lowest BCUT2D eigenvalue weighted by Gasteiger charge is -2.10. The van der Waals surface area contributed by atoms with E-state index in [1.165, 1.54) is 11.1 Å². The Hall–Kier alpha value is -1.06. The van der Waals surface area contributed by atoms with Crippen molar-refractivity contribution in [2.75, 3.05) is 5.32 Å². The van der Waals surface area contributed by atoms with Crippen LogP contribution in [0.5, 0.6) is 0 Å². The van der Waals surface area contributed by atoms with Gasteiger partial charge in [0, 0.05) is 20.3 Å². The lowest BCUT2D eigenvalue weighted by atomic mass is 10.1. The third-order valence-corrected chi connectivity index (χ3v) is 3.73. The van der Waals surface area contributed by atoms with Gasteiger partial charge in [0.25, 0.3) is 0 Å². The van der Waals surface area contributed by atoms with Crippen LogP contribution in [0.15, 0.2) is 45.3 Å². The molecule has 1 aliphatic rings. The molecule has 1 nitrogen and oxygen atoms in total. The van der Waals surface area contributed by atoms with Gasteiger partial charge in [-0.2, -0.15) is 0 Å². The van der Waals surface area contributed by atoms with Crippen LogP contribution < -0.4 is 5.32 Å². The summed E-state index contributed by atoms with van der Waals surface area (Å²) < 4.78 is 2.18. The number of benzene rings is 2. The molecule has 0 unspecified atom stereocenters. The zero-order chi connectivity index (χ0) is 11.8. The van der Waals surface area contributed by atoms with E-state index in [1.54, 1.807) is 0 Å². The fraction of sp³-hybridized carbons (Fsp3) is 0. The number of hydrogen-bond donors (Lipinski definition) is 1. The molecular weight excluding hydrogens is 342 g/mol. The molecule has 17 heavy (non-hydrogen) atoms. The van der Waals surface area contributed by atoms with Crippen LogP contribution in [0.1, 0.15) is 11.1 Å². The molecule has 1 aliphatic heterocycles. The minimum atomic E-state index is 1.09. The van der Waals surface area contributed by atoms with E-state index in [0.29, 0.717) is 0 Å². The quantitative estimate of drug-likeness (QED) is 0.569. The molecule has 3 rings (SSSR count). The average Bonchev–Trinajstić information content (AvgIpc) is 2.48. The molecule has 0 radical (unpaired) electrons. The Bertz CT molecular complexity index is 564. The Morgan fingerprint density at radius 1 is 0.706 bits per heavy atom. The van der Waals surface area contributed by atoms with Gasteiger partial charge < -0.3 is 5.32 Å². The second-order valence-electron chi connectivity index (χ2n) is 3.92. The Morgan fingerprint density at radius 3 is 1.65 bits per heavy atom. The number of hydrogen-bond acceptors (Lipinski definition) is 1. The summed E-state index contributed by atoms with van der Waals surface area (Å²) in [5.41, 5.74) is 4.63. The van der Waals surface area contributed by atoms with Gasteiger partial charge in [0.2, 0.25) is 0 Å². The van der Waals surface area contributed by atoms with Crippen LogP contribution in [0.2, 0.25) is 0 Å². The smallest absolute Gasteiger partial charge is 0.0458 e. The molecule has 2 aromatic carbocycles. The van der Waals surface area contributed by atoms with Crippen molar-refractivity contribution in [1.29, 1.82) is 0 Å². The van der Waals surface area contributed by atoms with Crippen LogP contribution in [0.25, 0.3) is 12.2 Å². The van der Waals surface area contributed by atoms with E-state index < -0.39 is 0 Å². The summed E-state index contributed by atoms with van der Waals surface area (Å²) in [6.45, 7) is 0. The Balaban J connectivity index is 2.16.